The van der Waals surface area contributed by atoms with E-state index in [9.17, 15) is 0 Å². The van der Waals surface area contributed by atoms with Gasteiger partial charge in [0.25, 0.3) is 0 Å². The molecule has 0 radical (unpaired) electrons. The summed E-state index contributed by atoms with van der Waals surface area (Å²) in [5.41, 5.74) is 2.78. The molecule has 1 aromatic rings. The van der Waals surface area contributed by atoms with E-state index < -0.39 is 0 Å². The Morgan fingerprint density at radius 1 is 1.67 bits per heavy atom. The molecule has 1 heterocycles. The SMILES string of the molecule is CCn1ccnc1C(CC(C)OC)NN. The average Bonchev–Trinajstić information content (AvgIpc) is 2.73. The van der Waals surface area contributed by atoms with E-state index in [-0.39, 0.29) is 12.1 Å². The summed E-state index contributed by atoms with van der Waals surface area (Å²) in [6.45, 7) is 5.00. The zero-order valence-corrected chi connectivity index (χ0v) is 9.60. The van der Waals surface area contributed by atoms with E-state index in [0.29, 0.717) is 0 Å². The van der Waals surface area contributed by atoms with Crippen molar-refractivity contribution in [3.63, 3.8) is 0 Å². The van der Waals surface area contributed by atoms with Gasteiger partial charge in [0.15, 0.2) is 0 Å². The van der Waals surface area contributed by atoms with Crippen molar-refractivity contribution >= 4 is 0 Å². The molecule has 86 valence electrons. The summed E-state index contributed by atoms with van der Waals surface area (Å²) in [5, 5.41) is 0. The minimum atomic E-state index is 0.0369. The summed E-state index contributed by atoms with van der Waals surface area (Å²) in [5.74, 6) is 6.49. The molecule has 0 spiro atoms. The van der Waals surface area contributed by atoms with Crippen LogP contribution in [0.25, 0.3) is 0 Å². The van der Waals surface area contributed by atoms with Gasteiger partial charge in [-0.05, 0) is 20.3 Å². The van der Waals surface area contributed by atoms with Gasteiger partial charge in [-0.3, -0.25) is 5.84 Å². The van der Waals surface area contributed by atoms with Gasteiger partial charge in [0.2, 0.25) is 0 Å². The van der Waals surface area contributed by atoms with Gasteiger partial charge in [-0.2, -0.15) is 0 Å². The lowest BCUT2D eigenvalue weighted by Gasteiger charge is -2.19. The molecular weight excluding hydrogens is 192 g/mol. The summed E-state index contributed by atoms with van der Waals surface area (Å²) in [6.07, 6.45) is 4.72. The molecule has 0 aliphatic heterocycles. The van der Waals surface area contributed by atoms with Crippen LogP contribution < -0.4 is 11.3 Å². The van der Waals surface area contributed by atoms with Crippen LogP contribution in [0.2, 0.25) is 0 Å². The number of nitrogens with zero attached hydrogens (tertiary/aromatic N) is 2. The van der Waals surface area contributed by atoms with Crippen LogP contribution in [0.4, 0.5) is 0 Å². The maximum atomic E-state index is 5.53. The molecule has 0 saturated carbocycles. The number of nitrogens with one attached hydrogen (secondary N) is 1. The number of methoxy groups -OCH3 is 1. The molecule has 5 nitrogen and oxygen atoms in total. The molecule has 0 aliphatic carbocycles. The number of hydrogen-bond acceptors (Lipinski definition) is 4. The van der Waals surface area contributed by atoms with Crippen LogP contribution in [0.5, 0.6) is 0 Å². The smallest absolute Gasteiger partial charge is 0.127 e. The van der Waals surface area contributed by atoms with Crippen molar-refractivity contribution in [2.45, 2.75) is 39.0 Å². The number of hydrazine groups is 1. The van der Waals surface area contributed by atoms with Crippen LogP contribution in [0.3, 0.4) is 0 Å². The normalized spacial score (nSPS) is 15.2. The van der Waals surface area contributed by atoms with Crippen LogP contribution >= 0.6 is 0 Å². The van der Waals surface area contributed by atoms with Gasteiger partial charge in [0, 0.05) is 26.0 Å². The lowest BCUT2D eigenvalue weighted by Crippen LogP contribution is -2.32. The van der Waals surface area contributed by atoms with Gasteiger partial charge in [-0.15, -0.1) is 0 Å². The maximum Gasteiger partial charge on any atom is 0.127 e. The van der Waals surface area contributed by atoms with Gasteiger partial charge in [0.1, 0.15) is 5.82 Å². The molecule has 2 unspecified atom stereocenters. The first-order valence-corrected chi connectivity index (χ1v) is 5.22. The summed E-state index contributed by atoms with van der Waals surface area (Å²) in [6, 6.07) is 0.0369. The van der Waals surface area contributed by atoms with Crippen molar-refractivity contribution in [2.24, 2.45) is 5.84 Å². The molecule has 15 heavy (non-hydrogen) atoms. The first-order valence-electron chi connectivity index (χ1n) is 5.22. The predicted molar refractivity (Wildman–Crippen MR) is 59.1 cm³/mol. The first-order chi connectivity index (χ1) is 7.22. The highest BCUT2D eigenvalue weighted by molar-refractivity contribution is 4.99. The van der Waals surface area contributed by atoms with Crippen molar-refractivity contribution < 1.29 is 4.74 Å². The van der Waals surface area contributed by atoms with E-state index in [1.807, 2.05) is 13.1 Å². The molecule has 5 heteroatoms. The standard InChI is InChI=1S/C10H20N4O/c1-4-14-6-5-12-10(14)9(13-11)7-8(2)15-3/h5-6,8-9,13H,4,7,11H2,1-3H3. The van der Waals surface area contributed by atoms with Crippen molar-refractivity contribution in [3.05, 3.63) is 18.2 Å². The third kappa shape index (κ3) is 3.02. The monoisotopic (exact) mass is 212 g/mol. The van der Waals surface area contributed by atoms with E-state index in [2.05, 4.69) is 21.9 Å². The molecule has 0 amide bonds. The number of nitrogens with two attached hydrogens (primary N) is 1. The second-order valence-electron chi connectivity index (χ2n) is 3.57. The minimum Gasteiger partial charge on any atom is -0.382 e. The lowest BCUT2D eigenvalue weighted by atomic mass is 10.1. The van der Waals surface area contributed by atoms with E-state index in [1.165, 1.54) is 0 Å². The van der Waals surface area contributed by atoms with Gasteiger partial charge < -0.3 is 9.30 Å². The lowest BCUT2D eigenvalue weighted by molar-refractivity contribution is 0.0989. The second kappa shape index (κ2) is 5.85. The molecule has 0 bridgehead atoms. The molecule has 1 rings (SSSR count). The van der Waals surface area contributed by atoms with Gasteiger partial charge >= 0.3 is 0 Å². The van der Waals surface area contributed by atoms with Crippen LogP contribution in [0.15, 0.2) is 12.4 Å². The van der Waals surface area contributed by atoms with E-state index in [4.69, 9.17) is 10.6 Å². The van der Waals surface area contributed by atoms with Crippen LogP contribution in [0, 0.1) is 0 Å². The Labute approximate surface area is 90.6 Å². The molecule has 1 aromatic heterocycles. The van der Waals surface area contributed by atoms with Crippen molar-refractivity contribution in [1.29, 1.82) is 0 Å². The third-order valence-electron chi connectivity index (χ3n) is 2.57. The number of aryl methyl sites for hydroxylation is 1. The van der Waals surface area contributed by atoms with Gasteiger partial charge in [-0.25, -0.2) is 10.4 Å². The number of imidazole rings is 1. The number of rotatable bonds is 6. The molecule has 3 N–H and O–H groups in total. The Morgan fingerprint density at radius 2 is 2.40 bits per heavy atom. The average molecular weight is 212 g/mol. The first kappa shape index (κ1) is 12.2. The summed E-state index contributed by atoms with van der Waals surface area (Å²) >= 11 is 0. The molecule has 0 fully saturated rings. The Balaban J connectivity index is 2.73. The fourth-order valence-corrected chi connectivity index (χ4v) is 1.57. The summed E-state index contributed by atoms with van der Waals surface area (Å²) in [4.78, 5) is 4.31. The maximum absolute atomic E-state index is 5.53. The molecule has 0 saturated heterocycles. The van der Waals surface area contributed by atoms with Gasteiger partial charge in [-0.1, -0.05) is 0 Å². The van der Waals surface area contributed by atoms with Crippen molar-refractivity contribution in [1.82, 2.24) is 15.0 Å². The predicted octanol–water partition coefficient (Wildman–Crippen LogP) is 0.832. The number of hydrogen-bond donors (Lipinski definition) is 2. The third-order valence-corrected chi connectivity index (χ3v) is 2.57. The second-order valence-corrected chi connectivity index (χ2v) is 3.57. The van der Waals surface area contributed by atoms with Crippen LogP contribution in [-0.2, 0) is 11.3 Å². The van der Waals surface area contributed by atoms with Crippen LogP contribution in [0.1, 0.15) is 32.1 Å². The van der Waals surface area contributed by atoms with Crippen molar-refractivity contribution in [2.75, 3.05) is 7.11 Å². The van der Waals surface area contributed by atoms with Gasteiger partial charge in [0.05, 0.1) is 12.1 Å². The largest absolute Gasteiger partial charge is 0.382 e. The van der Waals surface area contributed by atoms with E-state index in [0.717, 1.165) is 18.8 Å². The highest BCUT2D eigenvalue weighted by Crippen LogP contribution is 2.17. The fraction of sp³-hybridized carbons (Fsp3) is 0.700. The van der Waals surface area contributed by atoms with E-state index in [1.54, 1.807) is 13.3 Å². The number of aromatic nitrogens is 2. The fourth-order valence-electron chi connectivity index (χ4n) is 1.57. The topological polar surface area (TPSA) is 65.1 Å². The molecule has 0 aromatic carbocycles. The highest BCUT2D eigenvalue weighted by atomic mass is 16.5. The zero-order chi connectivity index (χ0) is 11.3. The zero-order valence-electron chi connectivity index (χ0n) is 9.60. The summed E-state index contributed by atoms with van der Waals surface area (Å²) < 4.78 is 7.30. The van der Waals surface area contributed by atoms with E-state index >= 15 is 0 Å². The van der Waals surface area contributed by atoms with Crippen molar-refractivity contribution in [3.8, 4) is 0 Å². The Bertz CT molecular complexity index is 287. The molecule has 2 atom stereocenters. The minimum absolute atomic E-state index is 0.0369. The Morgan fingerprint density at radius 3 is 2.93 bits per heavy atom. The van der Waals surface area contributed by atoms with Crippen LogP contribution in [-0.4, -0.2) is 22.8 Å². The Hall–Kier alpha value is -0.910. The quantitative estimate of drug-likeness (QED) is 0.541. The Kier molecular flexibility index (Phi) is 4.74. The molecular formula is C10H20N4O. The molecule has 0 aliphatic rings. The summed E-state index contributed by atoms with van der Waals surface area (Å²) in [7, 11) is 1.70. The highest BCUT2D eigenvalue weighted by Gasteiger charge is 2.17. The number of ether oxygens (including phenoxy) is 1.